The van der Waals surface area contributed by atoms with Crippen LogP contribution in [0.25, 0.3) is 0 Å². The number of esters is 1. The number of aliphatic hydroxyl groups is 2. The van der Waals surface area contributed by atoms with Gasteiger partial charge in [-0.05, 0) is 122 Å². The van der Waals surface area contributed by atoms with Crippen molar-refractivity contribution in [1.29, 1.82) is 0 Å². The van der Waals surface area contributed by atoms with Gasteiger partial charge in [-0.3, -0.25) is 9.59 Å². The predicted molar refractivity (Wildman–Crippen MR) is 233 cm³/mol. The molecule has 5 aliphatic carbocycles. The van der Waals surface area contributed by atoms with E-state index >= 15 is 0 Å². The van der Waals surface area contributed by atoms with Gasteiger partial charge in [0, 0.05) is 30.6 Å². The highest BCUT2D eigenvalue weighted by Gasteiger charge is 2.65. The Bertz CT molecular complexity index is 1710. The Morgan fingerprint density at radius 3 is 2.28 bits per heavy atom. The van der Waals surface area contributed by atoms with Gasteiger partial charge in [-0.1, -0.05) is 74.5 Å². The van der Waals surface area contributed by atoms with Gasteiger partial charge in [-0.2, -0.15) is 0 Å². The van der Waals surface area contributed by atoms with Crippen molar-refractivity contribution < 1.29 is 33.5 Å². The number of carbonyl (C=O) groups excluding carboxylic acids is 2. The fourth-order valence-electron chi connectivity index (χ4n) is 13.0. The molecule has 5 aliphatic rings. The van der Waals surface area contributed by atoms with E-state index in [9.17, 15) is 24.2 Å². The van der Waals surface area contributed by atoms with Crippen LogP contribution in [-0.2, 0) is 14.3 Å². The Balaban J connectivity index is 0.00000180. The van der Waals surface area contributed by atoms with Crippen molar-refractivity contribution in [3.63, 3.8) is 0 Å². The van der Waals surface area contributed by atoms with Crippen LogP contribution in [0.3, 0.4) is 0 Å². The molecule has 4 fully saturated rings. The predicted octanol–water partition coefficient (Wildman–Crippen LogP) is 11.2. The molecule has 2 N–H and O–H groups in total. The number of carbonyl (C=O) groups is 2. The van der Waals surface area contributed by atoms with Crippen molar-refractivity contribution >= 4 is 17.5 Å². The molecular weight excluding hydrogens is 728 g/mol. The average Bonchev–Trinajstić information content (AvgIpc) is 3.50. The molecule has 0 aliphatic heterocycles. The number of halogens is 1. The van der Waals surface area contributed by atoms with Gasteiger partial charge in [0.05, 0.1) is 24.5 Å². The van der Waals surface area contributed by atoms with Crippen molar-refractivity contribution in [3.8, 4) is 0 Å². The number of allylic oxidation sites excluding steroid dienone is 2. The van der Waals surface area contributed by atoms with E-state index in [1.54, 1.807) is 6.07 Å². The number of hydrogen-bond donors (Lipinski definition) is 2. The molecule has 1 heterocycles. The van der Waals surface area contributed by atoms with E-state index in [0.717, 1.165) is 81.3 Å². The summed E-state index contributed by atoms with van der Waals surface area (Å²) in [6.07, 6.45) is 10.8. The van der Waals surface area contributed by atoms with Crippen molar-refractivity contribution in [2.75, 3.05) is 13.6 Å². The number of nitrogens with zero attached hydrogens (tertiary/aromatic N) is 2. The molecule has 324 valence electrons. The number of ether oxygens (including phenoxy) is 1. The van der Waals surface area contributed by atoms with Crippen LogP contribution in [0.2, 0.25) is 0 Å². The topological polar surface area (TPSA) is 99.7 Å². The molecule has 0 aromatic carbocycles. The van der Waals surface area contributed by atoms with Crippen molar-refractivity contribution in [1.82, 2.24) is 4.98 Å². The average molecular weight is 806 g/mol. The van der Waals surface area contributed by atoms with Crippen LogP contribution in [0.15, 0.2) is 55.0 Å². The summed E-state index contributed by atoms with van der Waals surface area (Å²) >= 11 is 0. The number of Topliss-reactive ketones (excluding diaryl/α,β-unsaturated/α-hetero) is 1. The summed E-state index contributed by atoms with van der Waals surface area (Å²) in [5.74, 6) is 1.88. The Morgan fingerprint density at radius 2 is 1.67 bits per heavy atom. The Hall–Kier alpha value is -3.13. The first-order valence-corrected chi connectivity index (χ1v) is 22.5. The Morgan fingerprint density at radius 1 is 1.05 bits per heavy atom. The van der Waals surface area contributed by atoms with Crippen LogP contribution in [0.4, 0.5) is 4.39 Å². The van der Waals surface area contributed by atoms with E-state index in [4.69, 9.17) is 4.74 Å². The summed E-state index contributed by atoms with van der Waals surface area (Å²) in [6, 6.07) is 3.13. The van der Waals surface area contributed by atoms with E-state index in [0.29, 0.717) is 36.5 Å². The zero-order chi connectivity index (χ0) is 43.5. The SMILES string of the molecule is C=C.C=C(O)C(C)(C)CC(=O)OC1CCC2(C)C(CCC3(C)C4CCC5(C(O)CCC[N+](C)=C(C)c6ccc(F)cn6)CC(=O)C(C(C)C)=C5C4CCC32)C1C.CC. The smallest absolute Gasteiger partial charge is 0.307 e. The van der Waals surface area contributed by atoms with Gasteiger partial charge in [0.15, 0.2) is 11.5 Å². The molecule has 4 saturated carbocycles. The number of pyridine rings is 1. The number of aliphatic hydroxyl groups excluding tert-OH is 2. The molecule has 6 rings (SSSR count). The minimum Gasteiger partial charge on any atom is -0.512 e. The summed E-state index contributed by atoms with van der Waals surface area (Å²) in [5.41, 5.74) is 3.14. The lowest BCUT2D eigenvalue weighted by Crippen LogP contribution is -2.61. The third-order valence-electron chi connectivity index (χ3n) is 16.1. The maximum atomic E-state index is 14.0. The first kappa shape index (κ1) is 47.5. The highest BCUT2D eigenvalue weighted by atomic mass is 19.1. The Kier molecular flexibility index (Phi) is 15.3. The van der Waals surface area contributed by atoms with Crippen LogP contribution in [0.1, 0.15) is 152 Å². The van der Waals surface area contributed by atoms with Crippen LogP contribution in [0.5, 0.6) is 0 Å². The molecule has 1 aromatic heterocycles. The quantitative estimate of drug-likeness (QED) is 0.0760. The molecule has 10 unspecified atom stereocenters. The second-order valence-electron chi connectivity index (χ2n) is 19.7. The minimum atomic E-state index is -0.712. The van der Waals surface area contributed by atoms with Gasteiger partial charge in [-0.15, -0.1) is 13.2 Å². The first-order chi connectivity index (χ1) is 27.3. The number of hydrogen-bond acceptors (Lipinski definition) is 6. The fraction of sp³-hybridized carbons (Fsp3) is 0.720. The highest BCUT2D eigenvalue weighted by Crippen LogP contribution is 2.72. The highest BCUT2D eigenvalue weighted by molar-refractivity contribution is 6.00. The number of aromatic nitrogens is 1. The summed E-state index contributed by atoms with van der Waals surface area (Å²) in [6.45, 7) is 31.8. The van der Waals surface area contributed by atoms with E-state index < -0.39 is 16.9 Å². The van der Waals surface area contributed by atoms with Crippen LogP contribution in [-0.4, -0.2) is 63.0 Å². The summed E-state index contributed by atoms with van der Waals surface area (Å²) in [7, 11) is 2.02. The summed E-state index contributed by atoms with van der Waals surface area (Å²) < 4.78 is 21.8. The molecule has 0 amide bonds. The molecule has 0 bridgehead atoms. The van der Waals surface area contributed by atoms with Gasteiger partial charge in [-0.25, -0.2) is 13.9 Å². The van der Waals surface area contributed by atoms with E-state index in [1.165, 1.54) is 17.8 Å². The van der Waals surface area contributed by atoms with Crippen molar-refractivity contribution in [3.05, 3.63) is 66.5 Å². The van der Waals surface area contributed by atoms with Crippen molar-refractivity contribution in [2.45, 2.75) is 158 Å². The third-order valence-corrected chi connectivity index (χ3v) is 16.1. The van der Waals surface area contributed by atoms with Gasteiger partial charge in [0.25, 0.3) is 0 Å². The van der Waals surface area contributed by atoms with E-state index in [-0.39, 0.29) is 58.5 Å². The van der Waals surface area contributed by atoms with Gasteiger partial charge >= 0.3 is 5.97 Å². The standard InChI is InChI=1S/C46H67FN2O5.C2H6.C2H4/c1-27(2)41-36(51)24-46(39(52)12-11-23-49(10)29(4)35-15-13-31(47)26-48-35)22-18-34-32(42(41)46)14-16-38-44(8)21-19-37(28(3)33(44)17-20-45(34,38)9)54-40(53)25-43(6,7)30(5)50;2*1-2/h13,15,26-28,32-34,37-39,52H,5,11-12,14,16-25H2,1-4,6-10H3;1-2H3;1-2H2/p+1. The van der Waals surface area contributed by atoms with Gasteiger partial charge in [0.2, 0.25) is 0 Å². The van der Waals surface area contributed by atoms with Crippen molar-refractivity contribution in [2.24, 2.45) is 57.2 Å². The summed E-state index contributed by atoms with van der Waals surface area (Å²) in [4.78, 5) is 31.3. The normalized spacial score (nSPS) is 33.8. The molecular formula is C50H78FN2O5+. The first-order valence-electron chi connectivity index (χ1n) is 22.5. The molecule has 0 saturated heterocycles. The number of ketones is 1. The number of fused-ring (bicyclic) bond motifs is 7. The zero-order valence-corrected chi connectivity index (χ0v) is 38.1. The monoisotopic (exact) mass is 806 g/mol. The lowest BCUT2D eigenvalue weighted by atomic mass is 9.38. The molecule has 58 heavy (non-hydrogen) atoms. The lowest BCUT2D eigenvalue weighted by Gasteiger charge is -2.67. The summed E-state index contributed by atoms with van der Waals surface area (Å²) in [5, 5.41) is 22.2. The van der Waals surface area contributed by atoms with Gasteiger partial charge in [0.1, 0.15) is 31.2 Å². The van der Waals surface area contributed by atoms with E-state index in [1.807, 2.05) is 41.7 Å². The van der Waals surface area contributed by atoms with Gasteiger partial charge < -0.3 is 14.9 Å². The lowest BCUT2D eigenvalue weighted by molar-refractivity contribution is -0.498. The maximum Gasteiger partial charge on any atom is 0.307 e. The fourth-order valence-corrected chi connectivity index (χ4v) is 13.0. The van der Waals surface area contributed by atoms with E-state index in [2.05, 4.69) is 63.9 Å². The minimum absolute atomic E-state index is 0.00762. The molecule has 1 aromatic rings. The Labute approximate surface area is 350 Å². The van der Waals surface area contributed by atoms with Crippen LogP contribution < -0.4 is 0 Å². The maximum absolute atomic E-state index is 14.0. The molecule has 8 heteroatoms. The molecule has 0 radical (unpaired) electrons. The second-order valence-corrected chi connectivity index (χ2v) is 19.7. The zero-order valence-electron chi connectivity index (χ0n) is 38.1. The van der Waals surface area contributed by atoms with Crippen LogP contribution >= 0.6 is 0 Å². The second kappa shape index (κ2) is 18.6. The molecule has 10 atom stereocenters. The van der Waals surface area contributed by atoms with Crippen LogP contribution in [0, 0.1) is 63.0 Å². The number of rotatable bonds is 11. The third kappa shape index (κ3) is 8.70. The largest absolute Gasteiger partial charge is 0.512 e. The molecule has 0 spiro atoms. The molecule has 7 nitrogen and oxygen atoms in total.